The molecule has 1 aliphatic heterocycles. The zero-order chi connectivity index (χ0) is 18.4. The quantitative estimate of drug-likeness (QED) is 0.321. The molecule has 26 heavy (non-hydrogen) atoms. The van der Waals surface area contributed by atoms with Crippen LogP contribution in [-0.4, -0.2) is 34.8 Å². The number of nitrogens with zero attached hydrogens (tertiary/aromatic N) is 2. The van der Waals surface area contributed by atoms with E-state index in [0.717, 1.165) is 17.9 Å². The van der Waals surface area contributed by atoms with E-state index < -0.39 is 0 Å². The van der Waals surface area contributed by atoms with Crippen molar-refractivity contribution in [3.63, 3.8) is 0 Å². The first-order valence-electron chi connectivity index (χ1n) is 8.76. The number of halogens is 1. The summed E-state index contributed by atoms with van der Waals surface area (Å²) in [4.78, 5) is 25.5. The normalized spacial score (nSPS) is 29.7. The largest absolute Gasteiger partial charge is 0.504 e. The zero-order valence-electron chi connectivity index (χ0n) is 14.3. The molecule has 0 radical (unpaired) electrons. The Bertz CT molecular complexity index is 803. The Kier molecular flexibility index (Phi) is 4.50. The highest BCUT2D eigenvalue weighted by Crippen LogP contribution is 2.49. The average molecular weight is 466 g/mol. The van der Waals surface area contributed by atoms with Gasteiger partial charge in [0.2, 0.25) is 0 Å². The number of hydrogen-bond acceptors (Lipinski definition) is 5. The van der Waals surface area contributed by atoms with Crippen molar-refractivity contribution in [1.82, 2.24) is 5.01 Å². The van der Waals surface area contributed by atoms with Gasteiger partial charge in [0.05, 0.1) is 28.2 Å². The van der Waals surface area contributed by atoms with Crippen LogP contribution in [0.1, 0.15) is 25.3 Å². The van der Waals surface area contributed by atoms with E-state index in [2.05, 4.69) is 17.3 Å². The third-order valence-corrected chi connectivity index (χ3v) is 6.23. The van der Waals surface area contributed by atoms with Gasteiger partial charge in [-0.2, -0.15) is 10.1 Å². The lowest BCUT2D eigenvalue weighted by Gasteiger charge is -2.37. The van der Waals surface area contributed by atoms with Crippen LogP contribution in [0.5, 0.6) is 11.5 Å². The summed E-state index contributed by atoms with van der Waals surface area (Å²) in [6.07, 6.45) is 7.58. The zero-order valence-corrected chi connectivity index (χ0v) is 16.4. The maximum atomic E-state index is 12.7. The molecule has 1 heterocycles. The summed E-state index contributed by atoms with van der Waals surface area (Å²) in [5.74, 6) is -0.184. The number of aromatic hydroxyl groups is 1. The van der Waals surface area contributed by atoms with Crippen molar-refractivity contribution in [2.75, 3.05) is 6.61 Å². The van der Waals surface area contributed by atoms with Gasteiger partial charge in [0.25, 0.3) is 11.8 Å². The van der Waals surface area contributed by atoms with Gasteiger partial charge in [0.15, 0.2) is 11.5 Å². The second-order valence-electron chi connectivity index (χ2n) is 6.86. The highest BCUT2D eigenvalue weighted by molar-refractivity contribution is 14.1. The molecule has 6 nitrogen and oxygen atoms in total. The lowest BCUT2D eigenvalue weighted by Crippen LogP contribution is -2.38. The predicted molar refractivity (Wildman–Crippen MR) is 104 cm³/mol. The van der Waals surface area contributed by atoms with Gasteiger partial charge in [-0.3, -0.25) is 9.59 Å². The molecule has 7 heteroatoms. The third-order valence-electron chi connectivity index (χ3n) is 5.41. The van der Waals surface area contributed by atoms with Crippen molar-refractivity contribution in [3.8, 4) is 11.5 Å². The molecule has 4 atom stereocenters. The molecule has 0 spiro atoms. The fourth-order valence-corrected chi connectivity index (χ4v) is 4.86. The van der Waals surface area contributed by atoms with Gasteiger partial charge >= 0.3 is 0 Å². The number of allylic oxidation sites excluding steroid dienone is 2. The molecule has 2 fully saturated rings. The number of hydrogen-bond donors (Lipinski definition) is 1. The summed E-state index contributed by atoms with van der Waals surface area (Å²) in [6, 6.07) is 3.37. The lowest BCUT2D eigenvalue weighted by atomic mass is 9.63. The molecule has 3 aliphatic carbocycles. The summed E-state index contributed by atoms with van der Waals surface area (Å²) in [7, 11) is 0. The van der Waals surface area contributed by atoms with Crippen molar-refractivity contribution in [3.05, 3.63) is 33.4 Å². The Morgan fingerprint density at radius 3 is 2.38 bits per heavy atom. The number of carbonyl (C=O) groups excluding carboxylic acids is 2. The van der Waals surface area contributed by atoms with Gasteiger partial charge in [0, 0.05) is 0 Å². The minimum atomic E-state index is -0.262. The smallest absolute Gasteiger partial charge is 0.254 e. The van der Waals surface area contributed by atoms with Crippen molar-refractivity contribution in [2.24, 2.45) is 28.8 Å². The Labute approximate surface area is 165 Å². The van der Waals surface area contributed by atoms with Crippen LogP contribution in [0.4, 0.5) is 0 Å². The number of phenols is 1. The molecule has 5 rings (SSSR count). The maximum absolute atomic E-state index is 12.7. The van der Waals surface area contributed by atoms with E-state index in [-0.39, 0.29) is 41.2 Å². The van der Waals surface area contributed by atoms with Gasteiger partial charge < -0.3 is 9.84 Å². The van der Waals surface area contributed by atoms with Crippen molar-refractivity contribution >= 4 is 40.6 Å². The summed E-state index contributed by atoms with van der Waals surface area (Å²) < 4.78 is 6.03. The SMILES string of the molecule is CCOc1cc(/C=N\N2C(=O)[C@H]3[C@H](C2=O)[C@@H]2C=C[C@@H]3CC2)cc(I)c1O. The summed E-state index contributed by atoms with van der Waals surface area (Å²) in [6.45, 7) is 2.26. The molecule has 136 valence electrons. The minimum Gasteiger partial charge on any atom is -0.504 e. The number of benzene rings is 1. The predicted octanol–water partition coefficient (Wildman–Crippen LogP) is 2.93. The highest BCUT2D eigenvalue weighted by atomic mass is 127. The van der Waals surface area contributed by atoms with Gasteiger partial charge in [-0.1, -0.05) is 12.2 Å². The summed E-state index contributed by atoms with van der Waals surface area (Å²) >= 11 is 2.00. The molecule has 2 amide bonds. The average Bonchev–Trinajstić information content (AvgIpc) is 2.91. The first-order chi connectivity index (χ1) is 12.5. The van der Waals surface area contributed by atoms with Gasteiger partial charge in [0.1, 0.15) is 0 Å². The number of amides is 2. The molecule has 4 aliphatic rings. The number of phenolic OH excluding ortho intramolecular Hbond substituents is 1. The number of carbonyl (C=O) groups is 2. The molecule has 1 saturated heterocycles. The van der Waals surface area contributed by atoms with E-state index in [1.807, 2.05) is 29.5 Å². The third kappa shape index (κ3) is 2.72. The second-order valence-corrected chi connectivity index (χ2v) is 8.02. The van der Waals surface area contributed by atoms with E-state index in [9.17, 15) is 14.7 Å². The number of ether oxygens (including phenoxy) is 1. The van der Waals surface area contributed by atoms with Crippen LogP contribution in [-0.2, 0) is 9.59 Å². The standard InChI is InChI=1S/C19H19IN2O4/c1-2-26-14-8-10(7-13(20)17(14)23)9-21-22-18(24)15-11-3-4-12(6-5-11)16(15)19(22)25/h3-4,7-9,11-12,15-16,23H,2,5-6H2,1H3/b21-9-/t11-,12-,15-,16-/m1/s1. The van der Waals surface area contributed by atoms with Gasteiger partial charge in [-0.25, -0.2) is 0 Å². The topological polar surface area (TPSA) is 79.2 Å². The molecular weight excluding hydrogens is 447 g/mol. The number of fused-ring (bicyclic) bond motifs is 1. The molecule has 0 aromatic heterocycles. The second kappa shape index (κ2) is 6.68. The van der Waals surface area contributed by atoms with E-state index >= 15 is 0 Å². The number of rotatable bonds is 4. The fourth-order valence-electron chi connectivity index (χ4n) is 4.23. The van der Waals surface area contributed by atoms with Crippen LogP contribution in [0.25, 0.3) is 0 Å². The van der Waals surface area contributed by atoms with Crippen molar-refractivity contribution in [1.29, 1.82) is 0 Å². The Morgan fingerprint density at radius 2 is 1.85 bits per heavy atom. The van der Waals surface area contributed by atoms with E-state index in [0.29, 0.717) is 21.5 Å². The molecule has 1 aromatic carbocycles. The van der Waals surface area contributed by atoms with E-state index in [1.165, 1.54) is 6.21 Å². The Balaban J connectivity index is 1.60. The maximum Gasteiger partial charge on any atom is 0.254 e. The molecule has 1 aromatic rings. The van der Waals surface area contributed by atoms with Crippen molar-refractivity contribution < 1.29 is 19.4 Å². The molecular formula is C19H19IN2O4. The molecule has 1 saturated carbocycles. The number of imide groups is 1. The van der Waals surface area contributed by atoms with Crippen LogP contribution in [0.3, 0.4) is 0 Å². The van der Waals surface area contributed by atoms with Crippen LogP contribution in [0.2, 0.25) is 0 Å². The monoisotopic (exact) mass is 466 g/mol. The first kappa shape index (κ1) is 17.5. The van der Waals surface area contributed by atoms with E-state index in [4.69, 9.17) is 4.74 Å². The Hall–Kier alpha value is -1.90. The van der Waals surface area contributed by atoms with E-state index in [1.54, 1.807) is 12.1 Å². The van der Waals surface area contributed by atoms with Gasteiger partial charge in [-0.05, 0) is 71.9 Å². The molecule has 0 unspecified atom stereocenters. The number of hydrazone groups is 1. The highest BCUT2D eigenvalue weighted by Gasteiger charge is 2.56. The van der Waals surface area contributed by atoms with Crippen LogP contribution in [0, 0.1) is 27.2 Å². The lowest BCUT2D eigenvalue weighted by molar-refractivity contribution is -0.140. The van der Waals surface area contributed by atoms with Crippen LogP contribution < -0.4 is 4.74 Å². The summed E-state index contributed by atoms with van der Waals surface area (Å²) in [5, 5.41) is 15.2. The van der Waals surface area contributed by atoms with Gasteiger partial charge in [-0.15, -0.1) is 0 Å². The Morgan fingerprint density at radius 1 is 1.23 bits per heavy atom. The fraction of sp³-hybridized carbons (Fsp3) is 0.421. The molecule has 2 bridgehead atoms. The van der Waals surface area contributed by atoms with Crippen LogP contribution in [0.15, 0.2) is 29.4 Å². The minimum absolute atomic E-state index is 0.0756. The van der Waals surface area contributed by atoms with Crippen molar-refractivity contribution in [2.45, 2.75) is 19.8 Å². The summed E-state index contributed by atoms with van der Waals surface area (Å²) in [5.41, 5.74) is 0.659. The van der Waals surface area contributed by atoms with Crippen LogP contribution >= 0.6 is 22.6 Å². The molecule has 1 N–H and O–H groups in total. The first-order valence-corrected chi connectivity index (χ1v) is 9.84.